The van der Waals surface area contributed by atoms with Crippen molar-refractivity contribution in [1.29, 1.82) is 0 Å². The second kappa shape index (κ2) is 9.10. The number of benzene rings is 1. The zero-order valence-corrected chi connectivity index (χ0v) is 21.2. The summed E-state index contributed by atoms with van der Waals surface area (Å²) in [6.07, 6.45) is 5.93. The number of rotatable bonds is 4. The van der Waals surface area contributed by atoms with Crippen molar-refractivity contribution in [3.63, 3.8) is 0 Å². The Morgan fingerprint density at radius 3 is 2.56 bits per heavy atom. The summed E-state index contributed by atoms with van der Waals surface area (Å²) in [6.45, 7) is 7.91. The fraction of sp³-hybridized carbons (Fsp3) is 0.435. The van der Waals surface area contributed by atoms with Crippen LogP contribution in [0.25, 0.3) is 11.1 Å². The molecule has 0 unspecified atom stereocenters. The Morgan fingerprint density at radius 1 is 1.24 bits per heavy atom. The molecule has 0 bridgehead atoms. The van der Waals surface area contributed by atoms with Gasteiger partial charge in [-0.05, 0) is 69.9 Å². The molecule has 4 rings (SSSR count). The molecule has 1 aromatic carbocycles. The van der Waals surface area contributed by atoms with Crippen LogP contribution in [0.1, 0.15) is 45.1 Å². The van der Waals surface area contributed by atoms with E-state index in [1.54, 1.807) is 6.26 Å². The first-order valence-electron chi connectivity index (χ1n) is 11.0. The monoisotopic (exact) mass is 505 g/mol. The Balaban J connectivity index is 1.51. The van der Waals surface area contributed by atoms with Crippen LogP contribution in [0, 0.1) is 5.82 Å². The van der Waals surface area contributed by atoms with Gasteiger partial charge in [0.1, 0.15) is 17.7 Å². The zero-order valence-electron chi connectivity index (χ0n) is 19.6. The molecule has 3 heterocycles. The third kappa shape index (κ3) is 5.30. The first-order valence-corrected chi connectivity index (χ1v) is 13.3. The summed E-state index contributed by atoms with van der Waals surface area (Å²) in [5, 5.41) is 7.03. The number of piperidine rings is 1. The van der Waals surface area contributed by atoms with Gasteiger partial charge in [0, 0.05) is 30.4 Å². The number of anilines is 2. The fourth-order valence-corrected chi connectivity index (χ4v) is 5.12. The van der Waals surface area contributed by atoms with E-state index in [1.807, 2.05) is 0 Å². The van der Waals surface area contributed by atoms with Gasteiger partial charge in [-0.25, -0.2) is 22.8 Å². The smallest absolute Gasteiger partial charge is 0.195 e. The van der Waals surface area contributed by atoms with E-state index in [0.717, 1.165) is 48.9 Å². The van der Waals surface area contributed by atoms with Crippen molar-refractivity contribution in [2.75, 3.05) is 24.7 Å². The van der Waals surface area contributed by atoms with E-state index in [0.29, 0.717) is 16.9 Å². The largest absolute Gasteiger partial charge is 0.458 e. The molecule has 2 aromatic heterocycles. The number of nitrogens with one attached hydrogen (secondary N) is 2. The Morgan fingerprint density at radius 2 is 1.94 bits per heavy atom. The lowest BCUT2D eigenvalue weighted by molar-refractivity contribution is 0.301. The van der Waals surface area contributed by atoms with Crippen LogP contribution in [0.4, 0.5) is 15.9 Å². The first kappa shape index (κ1) is 24.3. The number of furan rings is 1. The number of aromatic nitrogens is 2. The molecule has 1 aliphatic heterocycles. The second-order valence-electron chi connectivity index (χ2n) is 9.57. The van der Waals surface area contributed by atoms with Crippen molar-refractivity contribution in [3.8, 4) is 0 Å². The summed E-state index contributed by atoms with van der Waals surface area (Å²) in [5.41, 5.74) is 2.11. The summed E-state index contributed by atoms with van der Waals surface area (Å²) in [6, 6.07) is 3.70. The molecule has 0 amide bonds. The molecule has 182 valence electrons. The number of sulfone groups is 1. The molecule has 34 heavy (non-hydrogen) atoms. The predicted octanol–water partition coefficient (Wildman–Crippen LogP) is 4.36. The van der Waals surface area contributed by atoms with Gasteiger partial charge in [0.2, 0.25) is 0 Å². The number of nitrogens with zero attached hydrogens (tertiary/aromatic N) is 3. The van der Waals surface area contributed by atoms with Crippen molar-refractivity contribution in [3.05, 3.63) is 42.2 Å². The molecule has 0 saturated carbocycles. The molecule has 1 saturated heterocycles. The molecule has 8 nitrogen and oxygen atoms in total. The Hall–Kier alpha value is -2.79. The van der Waals surface area contributed by atoms with Crippen LogP contribution in [0.15, 0.2) is 40.1 Å². The van der Waals surface area contributed by atoms with Crippen molar-refractivity contribution in [2.45, 2.75) is 50.0 Å². The second-order valence-corrected chi connectivity index (χ2v) is 12.0. The fourth-order valence-electron chi connectivity index (χ4n) is 4.00. The number of likely N-dealkylation sites (tertiary alicyclic amines) is 1. The van der Waals surface area contributed by atoms with E-state index < -0.39 is 15.7 Å². The average Bonchev–Trinajstić information content (AvgIpc) is 3.18. The van der Waals surface area contributed by atoms with Crippen LogP contribution in [0.3, 0.4) is 0 Å². The van der Waals surface area contributed by atoms with Gasteiger partial charge in [-0.15, -0.1) is 0 Å². The molecular weight excluding hydrogens is 477 g/mol. The Labute approximate surface area is 203 Å². The van der Waals surface area contributed by atoms with E-state index in [4.69, 9.17) is 16.6 Å². The maximum Gasteiger partial charge on any atom is 0.195 e. The lowest BCUT2D eigenvalue weighted by Crippen LogP contribution is -2.50. The molecule has 0 radical (unpaired) electrons. The SMILES string of the molecule is CC(C)(C)NC(=S)N1CCC(c2coc3c(Nc4ccc(S(C)(=O)=O)cc4F)ncnc23)CC1. The van der Waals surface area contributed by atoms with Gasteiger partial charge in [0.25, 0.3) is 0 Å². The first-order chi connectivity index (χ1) is 15.9. The third-order valence-corrected chi connectivity index (χ3v) is 7.18. The minimum Gasteiger partial charge on any atom is -0.458 e. The topological polar surface area (TPSA) is 100 Å². The molecule has 0 spiro atoms. The minimum atomic E-state index is -3.50. The molecular formula is C23H28FN5O3S2. The summed E-state index contributed by atoms with van der Waals surface area (Å²) in [7, 11) is -3.50. The maximum absolute atomic E-state index is 14.5. The van der Waals surface area contributed by atoms with E-state index in [-0.39, 0.29) is 22.0 Å². The predicted molar refractivity (Wildman–Crippen MR) is 134 cm³/mol. The highest BCUT2D eigenvalue weighted by Gasteiger charge is 2.27. The van der Waals surface area contributed by atoms with Crippen LogP contribution in [-0.4, -0.2) is 53.3 Å². The van der Waals surface area contributed by atoms with Gasteiger partial charge in [0.15, 0.2) is 26.4 Å². The van der Waals surface area contributed by atoms with E-state index in [2.05, 4.69) is 46.3 Å². The quantitative estimate of drug-likeness (QED) is 0.501. The zero-order chi connectivity index (χ0) is 24.7. The Kier molecular flexibility index (Phi) is 6.52. The summed E-state index contributed by atoms with van der Waals surface area (Å²) < 4.78 is 43.7. The highest BCUT2D eigenvalue weighted by Crippen LogP contribution is 2.36. The van der Waals surface area contributed by atoms with Crippen LogP contribution >= 0.6 is 12.2 Å². The molecule has 3 aromatic rings. The molecule has 0 aliphatic carbocycles. The number of fused-ring (bicyclic) bond motifs is 1. The summed E-state index contributed by atoms with van der Waals surface area (Å²) >= 11 is 5.56. The van der Waals surface area contributed by atoms with Gasteiger partial charge in [-0.2, -0.15) is 0 Å². The van der Waals surface area contributed by atoms with Gasteiger partial charge in [-0.3, -0.25) is 0 Å². The number of hydrogen-bond acceptors (Lipinski definition) is 7. The van der Waals surface area contributed by atoms with Crippen LogP contribution < -0.4 is 10.6 Å². The van der Waals surface area contributed by atoms with E-state index in [9.17, 15) is 12.8 Å². The molecule has 11 heteroatoms. The summed E-state index contributed by atoms with van der Waals surface area (Å²) in [5.74, 6) is -0.132. The molecule has 0 atom stereocenters. The van der Waals surface area contributed by atoms with Crippen molar-refractivity contribution in [1.82, 2.24) is 20.2 Å². The van der Waals surface area contributed by atoms with Gasteiger partial charge < -0.3 is 20.0 Å². The lowest BCUT2D eigenvalue weighted by Gasteiger charge is -2.36. The van der Waals surface area contributed by atoms with Crippen molar-refractivity contribution in [2.24, 2.45) is 0 Å². The summed E-state index contributed by atoms with van der Waals surface area (Å²) in [4.78, 5) is 10.7. The maximum atomic E-state index is 14.5. The van der Waals surface area contributed by atoms with E-state index >= 15 is 0 Å². The van der Waals surface area contributed by atoms with Gasteiger partial charge in [-0.1, -0.05) is 0 Å². The highest BCUT2D eigenvalue weighted by molar-refractivity contribution is 7.90. The minimum absolute atomic E-state index is 0.0837. The standard InChI is InChI=1S/C23H28FN5O3S2/c1-23(2,3)28-22(33)29-9-7-14(8-10-29)16-12-32-20-19(16)25-13-26-21(20)27-18-6-5-15(11-17(18)24)34(4,30)31/h5-6,11-14H,7-10H2,1-4H3,(H,28,33)(H,25,26,27). The molecule has 1 fully saturated rings. The molecule has 1 aliphatic rings. The van der Waals surface area contributed by atoms with Gasteiger partial charge >= 0.3 is 0 Å². The normalized spacial score (nSPS) is 15.5. The van der Waals surface area contributed by atoms with E-state index in [1.165, 1.54) is 18.5 Å². The van der Waals surface area contributed by atoms with Crippen LogP contribution in [-0.2, 0) is 9.84 Å². The average molecular weight is 506 g/mol. The van der Waals surface area contributed by atoms with Crippen molar-refractivity contribution < 1.29 is 17.2 Å². The van der Waals surface area contributed by atoms with Crippen LogP contribution in [0.5, 0.6) is 0 Å². The molecule has 2 N–H and O–H groups in total. The third-order valence-electron chi connectivity index (χ3n) is 5.71. The lowest BCUT2D eigenvalue weighted by atomic mass is 9.90. The van der Waals surface area contributed by atoms with Crippen LogP contribution in [0.2, 0.25) is 0 Å². The number of hydrogen-bond donors (Lipinski definition) is 2. The van der Waals surface area contributed by atoms with Crippen molar-refractivity contribution >= 4 is 49.8 Å². The highest BCUT2D eigenvalue weighted by atomic mass is 32.2. The number of halogens is 1. The number of thiocarbonyl (C=S) groups is 1. The Bertz CT molecular complexity index is 1330. The van der Waals surface area contributed by atoms with Gasteiger partial charge in [0.05, 0.1) is 16.8 Å².